The number of aliphatic hydroxyl groups excluding tert-OH is 1. The summed E-state index contributed by atoms with van der Waals surface area (Å²) in [5.41, 5.74) is 0.805. The summed E-state index contributed by atoms with van der Waals surface area (Å²) in [7, 11) is 1.62. The van der Waals surface area contributed by atoms with Crippen LogP contribution in [-0.2, 0) is 0 Å². The van der Waals surface area contributed by atoms with Crippen LogP contribution in [0.15, 0.2) is 18.2 Å². The Kier molecular flexibility index (Phi) is 4.60. The van der Waals surface area contributed by atoms with Crippen molar-refractivity contribution < 1.29 is 9.84 Å². The van der Waals surface area contributed by atoms with E-state index in [9.17, 15) is 5.11 Å². The van der Waals surface area contributed by atoms with Crippen LogP contribution in [0.3, 0.4) is 0 Å². The van der Waals surface area contributed by atoms with Gasteiger partial charge in [0, 0.05) is 15.8 Å². The summed E-state index contributed by atoms with van der Waals surface area (Å²) in [6.07, 6.45) is 3.01. The van der Waals surface area contributed by atoms with E-state index < -0.39 is 6.10 Å². The molecule has 1 N–H and O–H groups in total. The zero-order chi connectivity index (χ0) is 12.3. The molecular formula is C13H17ClO2S. The third-order valence-corrected chi connectivity index (χ3v) is 4.76. The van der Waals surface area contributed by atoms with Crippen LogP contribution in [0.4, 0.5) is 0 Å². The molecule has 0 bridgehead atoms. The third-order valence-electron chi connectivity index (χ3n) is 3.08. The predicted octanol–water partition coefficient (Wildman–Crippen LogP) is 3.67. The minimum absolute atomic E-state index is 0.260. The molecule has 0 spiro atoms. The number of benzene rings is 1. The normalized spacial score (nSPS) is 22.2. The summed E-state index contributed by atoms with van der Waals surface area (Å²) in [6, 6.07) is 5.40. The highest BCUT2D eigenvalue weighted by Gasteiger charge is 2.26. The fourth-order valence-corrected chi connectivity index (χ4v) is 3.67. The molecule has 94 valence electrons. The maximum absolute atomic E-state index is 10.4. The van der Waals surface area contributed by atoms with Gasteiger partial charge in [0.2, 0.25) is 0 Å². The van der Waals surface area contributed by atoms with Gasteiger partial charge in [-0.05, 0) is 36.8 Å². The molecule has 4 heteroatoms. The Morgan fingerprint density at radius 1 is 1.47 bits per heavy atom. The lowest BCUT2D eigenvalue weighted by molar-refractivity contribution is 0.164. The van der Waals surface area contributed by atoms with Crippen LogP contribution in [0.2, 0.25) is 5.02 Å². The molecule has 0 aliphatic carbocycles. The third kappa shape index (κ3) is 3.09. The lowest BCUT2D eigenvalue weighted by atomic mass is 10.0. The van der Waals surface area contributed by atoms with E-state index in [1.54, 1.807) is 19.2 Å². The summed E-state index contributed by atoms with van der Waals surface area (Å²) in [5.74, 6) is 1.85. The van der Waals surface area contributed by atoms with Crippen molar-refractivity contribution in [2.75, 3.05) is 12.9 Å². The number of hydrogen-bond acceptors (Lipinski definition) is 3. The van der Waals surface area contributed by atoms with Gasteiger partial charge in [-0.1, -0.05) is 18.0 Å². The van der Waals surface area contributed by atoms with Gasteiger partial charge in [-0.2, -0.15) is 11.8 Å². The zero-order valence-electron chi connectivity index (χ0n) is 9.86. The number of aliphatic hydroxyl groups is 1. The quantitative estimate of drug-likeness (QED) is 0.910. The summed E-state index contributed by atoms with van der Waals surface area (Å²) in [6.45, 7) is 0. The molecule has 1 aliphatic rings. The summed E-state index contributed by atoms with van der Waals surface area (Å²) >= 11 is 7.83. The Hall–Kier alpha value is -0.380. The van der Waals surface area contributed by atoms with E-state index in [2.05, 4.69) is 0 Å². The Balaban J connectivity index is 2.21. The van der Waals surface area contributed by atoms with E-state index in [4.69, 9.17) is 16.3 Å². The van der Waals surface area contributed by atoms with Crippen molar-refractivity contribution in [1.82, 2.24) is 0 Å². The molecule has 2 unspecified atom stereocenters. The highest BCUT2D eigenvalue weighted by atomic mass is 35.5. The number of rotatable bonds is 3. The lowest BCUT2D eigenvalue weighted by Crippen LogP contribution is -2.19. The Bertz CT molecular complexity index is 378. The number of thioether (sulfide) groups is 1. The van der Waals surface area contributed by atoms with Gasteiger partial charge in [0.05, 0.1) is 13.2 Å². The zero-order valence-corrected chi connectivity index (χ0v) is 11.4. The number of ether oxygens (including phenoxy) is 1. The first-order valence-corrected chi connectivity index (χ1v) is 7.28. The maximum Gasteiger partial charge on any atom is 0.124 e. The molecule has 0 saturated carbocycles. The van der Waals surface area contributed by atoms with Crippen LogP contribution >= 0.6 is 23.4 Å². The van der Waals surface area contributed by atoms with E-state index >= 15 is 0 Å². The lowest BCUT2D eigenvalue weighted by Gasteiger charge is -2.27. The first kappa shape index (κ1) is 13.1. The second-order valence-electron chi connectivity index (χ2n) is 4.24. The van der Waals surface area contributed by atoms with Crippen molar-refractivity contribution in [3.8, 4) is 5.75 Å². The molecule has 0 amide bonds. The van der Waals surface area contributed by atoms with Gasteiger partial charge in [0.1, 0.15) is 5.75 Å². The number of hydrogen-bond donors (Lipinski definition) is 1. The van der Waals surface area contributed by atoms with Gasteiger partial charge in [-0.15, -0.1) is 0 Å². The van der Waals surface area contributed by atoms with E-state index in [1.807, 2.05) is 17.8 Å². The molecule has 1 aromatic carbocycles. The Labute approximate surface area is 111 Å². The van der Waals surface area contributed by atoms with Crippen LogP contribution < -0.4 is 4.74 Å². The van der Waals surface area contributed by atoms with Gasteiger partial charge in [-0.25, -0.2) is 0 Å². The standard InChI is InChI=1S/C13H17ClO2S/c1-16-11-6-5-9(14)8-10(11)13(15)12-4-2-3-7-17-12/h5-6,8,12-13,15H,2-4,7H2,1H3. The topological polar surface area (TPSA) is 29.5 Å². The van der Waals surface area contributed by atoms with Crippen molar-refractivity contribution >= 4 is 23.4 Å². The molecule has 1 aliphatic heterocycles. The van der Waals surface area contributed by atoms with Gasteiger partial charge >= 0.3 is 0 Å². The molecular weight excluding hydrogens is 256 g/mol. The summed E-state index contributed by atoms with van der Waals surface area (Å²) in [4.78, 5) is 0. The van der Waals surface area contributed by atoms with Crippen molar-refractivity contribution in [1.29, 1.82) is 0 Å². The molecule has 1 heterocycles. The Morgan fingerprint density at radius 2 is 2.29 bits per heavy atom. The van der Waals surface area contributed by atoms with E-state index in [0.29, 0.717) is 10.8 Å². The van der Waals surface area contributed by atoms with Gasteiger partial charge in [0.25, 0.3) is 0 Å². The molecule has 1 aromatic rings. The number of halogens is 1. The molecule has 2 atom stereocenters. The van der Waals surface area contributed by atoms with Crippen molar-refractivity contribution in [3.05, 3.63) is 28.8 Å². The van der Waals surface area contributed by atoms with Gasteiger partial charge in [-0.3, -0.25) is 0 Å². The predicted molar refractivity (Wildman–Crippen MR) is 73.1 cm³/mol. The second-order valence-corrected chi connectivity index (χ2v) is 6.02. The smallest absolute Gasteiger partial charge is 0.124 e. The fraction of sp³-hybridized carbons (Fsp3) is 0.538. The van der Waals surface area contributed by atoms with Crippen LogP contribution in [0.25, 0.3) is 0 Å². The molecule has 1 fully saturated rings. The molecule has 0 aromatic heterocycles. The van der Waals surface area contributed by atoms with Crippen LogP contribution in [0.1, 0.15) is 30.9 Å². The molecule has 2 rings (SSSR count). The first-order valence-electron chi connectivity index (χ1n) is 5.85. The van der Waals surface area contributed by atoms with Crippen LogP contribution in [0.5, 0.6) is 5.75 Å². The molecule has 17 heavy (non-hydrogen) atoms. The van der Waals surface area contributed by atoms with Gasteiger partial charge < -0.3 is 9.84 Å². The van der Waals surface area contributed by atoms with Crippen LogP contribution in [0, 0.1) is 0 Å². The highest BCUT2D eigenvalue weighted by molar-refractivity contribution is 7.99. The van der Waals surface area contributed by atoms with Crippen molar-refractivity contribution in [2.24, 2.45) is 0 Å². The van der Waals surface area contributed by atoms with Crippen molar-refractivity contribution in [2.45, 2.75) is 30.6 Å². The largest absolute Gasteiger partial charge is 0.496 e. The molecule has 2 nitrogen and oxygen atoms in total. The van der Waals surface area contributed by atoms with E-state index in [-0.39, 0.29) is 5.25 Å². The van der Waals surface area contributed by atoms with E-state index in [0.717, 1.165) is 17.7 Å². The highest BCUT2D eigenvalue weighted by Crippen LogP contribution is 2.38. The maximum atomic E-state index is 10.4. The second kappa shape index (κ2) is 5.98. The number of methoxy groups -OCH3 is 1. The fourth-order valence-electron chi connectivity index (χ4n) is 2.15. The van der Waals surface area contributed by atoms with Gasteiger partial charge in [0.15, 0.2) is 0 Å². The minimum atomic E-state index is -0.492. The van der Waals surface area contributed by atoms with E-state index in [1.165, 1.54) is 12.8 Å². The molecule has 1 saturated heterocycles. The average molecular weight is 273 g/mol. The molecule has 0 radical (unpaired) electrons. The minimum Gasteiger partial charge on any atom is -0.496 e. The summed E-state index contributed by atoms with van der Waals surface area (Å²) < 4.78 is 5.28. The summed E-state index contributed by atoms with van der Waals surface area (Å²) in [5, 5.41) is 11.3. The van der Waals surface area contributed by atoms with Crippen molar-refractivity contribution in [3.63, 3.8) is 0 Å². The average Bonchev–Trinajstić information content (AvgIpc) is 2.39. The van der Waals surface area contributed by atoms with Crippen LogP contribution in [-0.4, -0.2) is 23.2 Å². The SMILES string of the molecule is COc1ccc(Cl)cc1C(O)C1CCCCS1. The Morgan fingerprint density at radius 3 is 2.94 bits per heavy atom. The first-order chi connectivity index (χ1) is 8.22. The monoisotopic (exact) mass is 272 g/mol.